The van der Waals surface area contributed by atoms with Gasteiger partial charge in [0, 0.05) is 3.57 Å². The van der Waals surface area contributed by atoms with Crippen LogP contribution >= 0.6 is 38.5 Å². The zero-order valence-electron chi connectivity index (χ0n) is 7.07. The summed E-state index contributed by atoms with van der Waals surface area (Å²) < 4.78 is 14.1. The average Bonchev–Trinajstić information content (AvgIpc) is 2.11. The normalized spacial score (nSPS) is 10.3. The molecule has 0 aliphatic carbocycles. The van der Waals surface area contributed by atoms with Crippen molar-refractivity contribution < 1.29 is 14.3 Å². The highest BCUT2D eigenvalue weighted by molar-refractivity contribution is 14.1. The van der Waals surface area contributed by atoms with Crippen molar-refractivity contribution in [2.75, 3.05) is 5.73 Å². The van der Waals surface area contributed by atoms with Crippen LogP contribution in [0.5, 0.6) is 0 Å². The van der Waals surface area contributed by atoms with Gasteiger partial charge in [0.2, 0.25) is 0 Å². The summed E-state index contributed by atoms with van der Waals surface area (Å²) >= 11 is 4.87. The zero-order valence-corrected chi connectivity index (χ0v) is 10.8. The molecule has 0 aliphatic heterocycles. The highest BCUT2D eigenvalue weighted by Gasteiger charge is 2.21. The average molecular weight is 374 g/mol. The lowest BCUT2D eigenvalue weighted by molar-refractivity contribution is 0.0696. The molecule has 0 heterocycles. The quantitative estimate of drug-likeness (QED) is 0.452. The third kappa shape index (κ3) is 1.72. The first-order valence-electron chi connectivity index (χ1n) is 3.53. The molecule has 0 unspecified atom stereocenters. The lowest BCUT2D eigenvalue weighted by Crippen LogP contribution is -2.09. The maximum Gasteiger partial charge on any atom is 0.338 e. The van der Waals surface area contributed by atoms with Gasteiger partial charge in [-0.25, -0.2) is 9.18 Å². The molecule has 14 heavy (non-hydrogen) atoms. The fourth-order valence-corrected chi connectivity index (χ4v) is 2.09. The highest BCUT2D eigenvalue weighted by Crippen LogP contribution is 2.33. The van der Waals surface area contributed by atoms with Gasteiger partial charge in [0.25, 0.3) is 0 Å². The van der Waals surface area contributed by atoms with Crippen LogP contribution in [-0.4, -0.2) is 11.1 Å². The molecule has 0 amide bonds. The first-order valence-corrected chi connectivity index (χ1v) is 5.41. The van der Waals surface area contributed by atoms with Gasteiger partial charge in [-0.15, -0.1) is 0 Å². The minimum absolute atomic E-state index is 0.171. The first-order chi connectivity index (χ1) is 6.37. The van der Waals surface area contributed by atoms with Crippen molar-refractivity contribution >= 4 is 50.2 Å². The van der Waals surface area contributed by atoms with Crippen molar-refractivity contribution in [1.82, 2.24) is 0 Å². The van der Waals surface area contributed by atoms with E-state index in [0.717, 1.165) is 0 Å². The fourth-order valence-electron chi connectivity index (χ4n) is 1.08. The molecule has 0 aliphatic rings. The van der Waals surface area contributed by atoms with E-state index >= 15 is 0 Å². The van der Waals surface area contributed by atoms with Crippen molar-refractivity contribution in [3.63, 3.8) is 0 Å². The molecule has 3 N–H and O–H groups in total. The summed E-state index contributed by atoms with van der Waals surface area (Å²) in [5, 5.41) is 8.82. The molecule has 76 valence electrons. The fraction of sp³-hybridized carbons (Fsp3) is 0.125. The van der Waals surface area contributed by atoms with Crippen LogP contribution in [0.4, 0.5) is 10.1 Å². The predicted octanol–water partition coefficient (Wildman–Crippen LogP) is 2.78. The molecule has 1 aromatic rings. The largest absolute Gasteiger partial charge is 0.478 e. The van der Waals surface area contributed by atoms with E-state index in [1.165, 1.54) is 0 Å². The Kier molecular flexibility index (Phi) is 3.36. The van der Waals surface area contributed by atoms with Crippen molar-refractivity contribution in [3.05, 3.63) is 25.0 Å². The monoisotopic (exact) mass is 373 g/mol. The summed E-state index contributed by atoms with van der Waals surface area (Å²) in [6.07, 6.45) is 0. The number of nitrogens with two attached hydrogens (primary N) is 1. The molecular weight excluding hydrogens is 368 g/mol. The van der Waals surface area contributed by atoms with Crippen molar-refractivity contribution in [2.24, 2.45) is 0 Å². The maximum absolute atomic E-state index is 13.4. The van der Waals surface area contributed by atoms with Crippen molar-refractivity contribution in [2.45, 2.75) is 6.92 Å². The van der Waals surface area contributed by atoms with Gasteiger partial charge in [0.05, 0.1) is 15.7 Å². The van der Waals surface area contributed by atoms with Gasteiger partial charge in [-0.1, -0.05) is 0 Å². The molecular formula is C8H6BrFINO2. The number of nitrogen functional groups attached to an aromatic ring is 1. The molecule has 0 aromatic heterocycles. The number of benzene rings is 1. The molecule has 0 bridgehead atoms. The van der Waals surface area contributed by atoms with Crippen LogP contribution in [0.2, 0.25) is 0 Å². The third-order valence-electron chi connectivity index (χ3n) is 1.81. The van der Waals surface area contributed by atoms with Crippen LogP contribution in [0.1, 0.15) is 15.9 Å². The van der Waals surface area contributed by atoms with E-state index in [1.807, 2.05) is 22.6 Å². The van der Waals surface area contributed by atoms with Gasteiger partial charge >= 0.3 is 5.97 Å². The van der Waals surface area contributed by atoms with Crippen LogP contribution in [-0.2, 0) is 0 Å². The van der Waals surface area contributed by atoms with Gasteiger partial charge in [-0.2, -0.15) is 0 Å². The number of carbonyl (C=O) groups is 1. The number of rotatable bonds is 1. The van der Waals surface area contributed by atoms with E-state index in [-0.39, 0.29) is 15.7 Å². The molecule has 3 nitrogen and oxygen atoms in total. The van der Waals surface area contributed by atoms with Crippen molar-refractivity contribution in [1.29, 1.82) is 0 Å². The van der Waals surface area contributed by atoms with E-state index in [4.69, 9.17) is 10.8 Å². The van der Waals surface area contributed by atoms with Gasteiger partial charge in [0.15, 0.2) is 5.82 Å². The predicted molar refractivity (Wildman–Crippen MR) is 62.9 cm³/mol. The molecule has 0 atom stereocenters. The lowest BCUT2D eigenvalue weighted by atomic mass is 10.1. The molecule has 0 radical (unpaired) electrons. The number of carboxylic acid groups (broad SMARTS) is 1. The number of hydrogen-bond donors (Lipinski definition) is 2. The number of carboxylic acids is 1. The van der Waals surface area contributed by atoms with Gasteiger partial charge in [-0.05, 0) is 51.0 Å². The minimum Gasteiger partial charge on any atom is -0.478 e. The molecule has 0 fully saturated rings. The molecule has 0 saturated heterocycles. The number of anilines is 1. The molecule has 0 saturated carbocycles. The Morgan fingerprint density at radius 2 is 2.14 bits per heavy atom. The molecule has 1 aromatic carbocycles. The molecule has 0 spiro atoms. The maximum atomic E-state index is 13.4. The topological polar surface area (TPSA) is 63.3 Å². The third-order valence-corrected chi connectivity index (χ3v) is 4.64. The standard InChI is InChI=1S/C8H6BrFINO2/c1-2-3(8(13)14)7(12)5(10)4(9)6(2)11/h12H2,1H3,(H,13,14). The first kappa shape index (κ1) is 11.7. The summed E-state index contributed by atoms with van der Waals surface area (Å²) in [4.78, 5) is 10.8. The van der Waals surface area contributed by atoms with E-state index in [1.54, 1.807) is 6.92 Å². The van der Waals surface area contributed by atoms with E-state index in [2.05, 4.69) is 15.9 Å². The van der Waals surface area contributed by atoms with E-state index in [9.17, 15) is 9.18 Å². The summed E-state index contributed by atoms with van der Waals surface area (Å²) in [7, 11) is 0. The second kappa shape index (κ2) is 4.01. The zero-order chi connectivity index (χ0) is 11.0. The second-order valence-corrected chi connectivity index (χ2v) is 4.53. The molecule has 6 heteroatoms. The summed E-state index contributed by atoms with van der Waals surface area (Å²) in [5.74, 6) is -1.94. The second-order valence-electron chi connectivity index (χ2n) is 2.66. The van der Waals surface area contributed by atoms with E-state index in [0.29, 0.717) is 9.13 Å². The molecule has 1 rings (SSSR count). The Morgan fingerprint density at radius 3 is 2.57 bits per heavy atom. The van der Waals surface area contributed by atoms with Crippen LogP contribution in [0.3, 0.4) is 0 Å². The number of halogens is 3. The van der Waals surface area contributed by atoms with Crippen LogP contribution in [0.15, 0.2) is 4.47 Å². The number of aromatic carboxylic acids is 1. The Bertz CT molecular complexity index is 393. The Balaban J connectivity index is 3.68. The van der Waals surface area contributed by atoms with Crippen molar-refractivity contribution in [3.8, 4) is 0 Å². The van der Waals surface area contributed by atoms with Gasteiger partial charge in [-0.3, -0.25) is 0 Å². The minimum atomic E-state index is -1.22. The van der Waals surface area contributed by atoms with Crippen LogP contribution in [0, 0.1) is 16.3 Å². The summed E-state index contributed by atoms with van der Waals surface area (Å²) in [5.41, 5.74) is 5.32. The number of hydrogen-bond acceptors (Lipinski definition) is 2. The lowest BCUT2D eigenvalue weighted by Gasteiger charge is -2.10. The summed E-state index contributed by atoms with van der Waals surface area (Å²) in [6, 6.07) is 0. The van der Waals surface area contributed by atoms with Gasteiger partial charge in [0.1, 0.15) is 0 Å². The smallest absolute Gasteiger partial charge is 0.338 e. The summed E-state index contributed by atoms with van der Waals surface area (Å²) in [6.45, 7) is 1.59. The highest BCUT2D eigenvalue weighted by atomic mass is 127. The SMILES string of the molecule is Cc1c(I)c(Br)c(F)c(N)c1C(=O)O. The van der Waals surface area contributed by atoms with E-state index < -0.39 is 11.8 Å². The Labute approximate surface area is 102 Å². The Hall–Kier alpha value is -0.370. The van der Waals surface area contributed by atoms with Gasteiger partial charge < -0.3 is 10.8 Å². The van der Waals surface area contributed by atoms with Crippen LogP contribution < -0.4 is 5.73 Å². The Morgan fingerprint density at radius 1 is 1.64 bits per heavy atom. The van der Waals surface area contributed by atoms with Crippen LogP contribution in [0.25, 0.3) is 0 Å².